The first-order valence-electron chi connectivity index (χ1n) is 7.33. The van der Waals surface area contributed by atoms with Gasteiger partial charge in [-0.1, -0.05) is 11.6 Å². The van der Waals surface area contributed by atoms with Gasteiger partial charge in [-0.25, -0.2) is 4.68 Å². The number of fused-ring (bicyclic) bond motifs is 1. The van der Waals surface area contributed by atoms with E-state index < -0.39 is 0 Å². The van der Waals surface area contributed by atoms with E-state index in [1.54, 1.807) is 23.5 Å². The Labute approximate surface area is 147 Å². The van der Waals surface area contributed by atoms with E-state index in [-0.39, 0.29) is 12.4 Å². The maximum Gasteiger partial charge on any atom is 0.267 e. The van der Waals surface area contributed by atoms with Crippen LogP contribution in [0.3, 0.4) is 0 Å². The zero-order chi connectivity index (χ0) is 16.7. The summed E-state index contributed by atoms with van der Waals surface area (Å²) in [6.45, 7) is 2.51. The summed E-state index contributed by atoms with van der Waals surface area (Å²) in [6.07, 6.45) is 0. The predicted molar refractivity (Wildman–Crippen MR) is 93.2 cm³/mol. The van der Waals surface area contributed by atoms with Crippen LogP contribution in [0.5, 0.6) is 11.5 Å². The van der Waals surface area contributed by atoms with Crippen molar-refractivity contribution in [1.29, 1.82) is 0 Å². The Morgan fingerprint density at radius 3 is 2.92 bits per heavy atom. The number of hydrogen-bond acceptors (Lipinski definition) is 5. The summed E-state index contributed by atoms with van der Waals surface area (Å²) in [6, 6.07) is 10.9. The molecule has 0 N–H and O–H groups in total. The highest BCUT2D eigenvalue weighted by Crippen LogP contribution is 2.39. The molecule has 0 unspecified atom stereocenters. The van der Waals surface area contributed by atoms with Crippen LogP contribution >= 0.6 is 22.9 Å². The van der Waals surface area contributed by atoms with Crippen molar-refractivity contribution in [2.45, 2.75) is 13.5 Å². The molecule has 0 saturated heterocycles. The minimum atomic E-state index is -0.166. The lowest BCUT2D eigenvalue weighted by atomic mass is 10.2. The maximum absolute atomic E-state index is 12.1. The molecule has 2 aromatic heterocycles. The Morgan fingerprint density at radius 2 is 2.12 bits per heavy atom. The van der Waals surface area contributed by atoms with E-state index >= 15 is 0 Å². The van der Waals surface area contributed by atoms with Gasteiger partial charge in [-0.15, -0.1) is 11.3 Å². The second kappa shape index (κ2) is 5.96. The van der Waals surface area contributed by atoms with Gasteiger partial charge in [-0.05, 0) is 42.8 Å². The van der Waals surface area contributed by atoms with Crippen molar-refractivity contribution in [3.05, 3.63) is 62.2 Å². The first kappa shape index (κ1) is 15.2. The molecule has 1 aliphatic heterocycles. The first-order chi connectivity index (χ1) is 11.6. The number of hydrogen-bond donors (Lipinski definition) is 0. The van der Waals surface area contributed by atoms with Crippen LogP contribution in [0.2, 0.25) is 5.02 Å². The van der Waals surface area contributed by atoms with Gasteiger partial charge in [-0.3, -0.25) is 4.79 Å². The highest BCUT2D eigenvalue weighted by atomic mass is 35.5. The fourth-order valence-corrected chi connectivity index (χ4v) is 3.67. The van der Waals surface area contributed by atoms with E-state index in [2.05, 4.69) is 5.10 Å². The molecule has 0 aliphatic carbocycles. The molecular formula is C17H13ClN2O3S. The average Bonchev–Trinajstić information content (AvgIpc) is 3.18. The zero-order valence-electron chi connectivity index (χ0n) is 12.8. The zero-order valence-corrected chi connectivity index (χ0v) is 14.4. The van der Waals surface area contributed by atoms with E-state index in [0.29, 0.717) is 23.1 Å². The number of aryl methyl sites for hydroxylation is 1. The molecule has 4 rings (SSSR count). The van der Waals surface area contributed by atoms with Crippen molar-refractivity contribution >= 4 is 22.9 Å². The minimum absolute atomic E-state index is 0.157. The van der Waals surface area contributed by atoms with Crippen molar-refractivity contribution in [2.75, 3.05) is 6.79 Å². The van der Waals surface area contributed by atoms with Crippen molar-refractivity contribution in [3.63, 3.8) is 0 Å². The van der Waals surface area contributed by atoms with Crippen LogP contribution in [-0.2, 0) is 6.54 Å². The third kappa shape index (κ3) is 2.79. The Morgan fingerprint density at radius 1 is 1.25 bits per heavy atom. The lowest BCUT2D eigenvalue weighted by molar-refractivity contribution is 0.174. The quantitative estimate of drug-likeness (QED) is 0.714. The van der Waals surface area contributed by atoms with Gasteiger partial charge in [-0.2, -0.15) is 5.10 Å². The van der Waals surface area contributed by atoms with Gasteiger partial charge < -0.3 is 9.47 Å². The minimum Gasteiger partial charge on any atom is -0.454 e. The summed E-state index contributed by atoms with van der Waals surface area (Å²) in [7, 11) is 0. The number of thiophene rings is 1. The van der Waals surface area contributed by atoms with Crippen LogP contribution in [0.25, 0.3) is 10.6 Å². The third-order valence-corrected chi connectivity index (χ3v) is 4.98. The van der Waals surface area contributed by atoms with Gasteiger partial charge >= 0.3 is 0 Å². The standard InChI is InChI=1S/C17H13ClN2O3S/c1-10-2-4-15(24-10)13-3-5-16(21)20(19-13)8-11-6-12(18)17-14(7-11)22-9-23-17/h2-7H,8-9H2,1H3. The summed E-state index contributed by atoms with van der Waals surface area (Å²) < 4.78 is 12.1. The Hall–Kier alpha value is -2.31. The number of nitrogens with zero attached hydrogens (tertiary/aromatic N) is 2. The second-order valence-electron chi connectivity index (χ2n) is 5.44. The van der Waals surface area contributed by atoms with Crippen molar-refractivity contribution in [2.24, 2.45) is 0 Å². The molecule has 3 aromatic rings. The van der Waals surface area contributed by atoms with Crippen molar-refractivity contribution < 1.29 is 9.47 Å². The molecule has 0 amide bonds. The average molecular weight is 361 g/mol. The van der Waals surface area contributed by atoms with Gasteiger partial charge in [0, 0.05) is 10.9 Å². The van der Waals surface area contributed by atoms with E-state index in [1.165, 1.54) is 15.6 Å². The first-order valence-corrected chi connectivity index (χ1v) is 8.52. The summed E-state index contributed by atoms with van der Waals surface area (Å²) in [5.74, 6) is 1.14. The Bertz CT molecular complexity index is 980. The predicted octanol–water partition coefficient (Wildman–Crippen LogP) is 3.71. The molecule has 24 heavy (non-hydrogen) atoms. The van der Waals surface area contributed by atoms with E-state index in [0.717, 1.165) is 16.1 Å². The van der Waals surface area contributed by atoms with Crippen LogP contribution in [0.15, 0.2) is 41.2 Å². The lowest BCUT2D eigenvalue weighted by Gasteiger charge is -2.08. The Kier molecular flexibility index (Phi) is 3.78. The molecular weight excluding hydrogens is 348 g/mol. The van der Waals surface area contributed by atoms with Gasteiger partial charge in [0.05, 0.1) is 16.4 Å². The highest BCUT2D eigenvalue weighted by Gasteiger charge is 2.18. The lowest BCUT2D eigenvalue weighted by Crippen LogP contribution is -2.22. The highest BCUT2D eigenvalue weighted by molar-refractivity contribution is 7.15. The summed E-state index contributed by atoms with van der Waals surface area (Å²) in [5, 5.41) is 4.94. The van der Waals surface area contributed by atoms with Crippen LogP contribution in [0.4, 0.5) is 0 Å². The van der Waals surface area contributed by atoms with Crippen molar-refractivity contribution in [3.8, 4) is 22.1 Å². The SMILES string of the molecule is Cc1ccc(-c2ccc(=O)n(Cc3cc(Cl)c4c(c3)OCO4)n2)s1. The topological polar surface area (TPSA) is 53.4 Å². The molecule has 0 radical (unpaired) electrons. The Balaban J connectivity index is 1.70. The van der Waals surface area contributed by atoms with Gasteiger partial charge in [0.15, 0.2) is 11.5 Å². The number of ether oxygens (including phenoxy) is 2. The number of benzene rings is 1. The van der Waals surface area contributed by atoms with Gasteiger partial charge in [0.2, 0.25) is 6.79 Å². The summed E-state index contributed by atoms with van der Waals surface area (Å²) in [5.41, 5.74) is 1.44. The fourth-order valence-electron chi connectivity index (χ4n) is 2.55. The van der Waals surface area contributed by atoms with E-state index in [9.17, 15) is 4.79 Å². The molecule has 3 heterocycles. The molecule has 1 aromatic carbocycles. The molecule has 0 saturated carbocycles. The van der Waals surface area contributed by atoms with Gasteiger partial charge in [0.25, 0.3) is 5.56 Å². The molecule has 0 bridgehead atoms. The van der Waals surface area contributed by atoms with Crippen LogP contribution < -0.4 is 15.0 Å². The maximum atomic E-state index is 12.1. The smallest absolute Gasteiger partial charge is 0.267 e. The molecule has 122 valence electrons. The molecule has 0 fully saturated rings. The molecule has 1 aliphatic rings. The number of rotatable bonds is 3. The number of halogens is 1. The second-order valence-corrected chi connectivity index (χ2v) is 7.13. The fraction of sp³-hybridized carbons (Fsp3) is 0.176. The normalized spacial score (nSPS) is 12.6. The number of aromatic nitrogens is 2. The van der Waals surface area contributed by atoms with E-state index in [1.807, 2.05) is 25.1 Å². The largest absolute Gasteiger partial charge is 0.454 e. The van der Waals surface area contributed by atoms with Crippen LogP contribution in [-0.4, -0.2) is 16.6 Å². The van der Waals surface area contributed by atoms with Crippen LogP contribution in [0, 0.1) is 6.92 Å². The summed E-state index contributed by atoms with van der Waals surface area (Å²) >= 11 is 7.84. The molecule has 5 nitrogen and oxygen atoms in total. The molecule has 7 heteroatoms. The van der Waals surface area contributed by atoms with Crippen molar-refractivity contribution in [1.82, 2.24) is 9.78 Å². The molecule has 0 atom stereocenters. The van der Waals surface area contributed by atoms with E-state index in [4.69, 9.17) is 21.1 Å². The third-order valence-electron chi connectivity index (χ3n) is 3.68. The monoisotopic (exact) mass is 360 g/mol. The van der Waals surface area contributed by atoms with Crippen LogP contribution in [0.1, 0.15) is 10.4 Å². The molecule has 0 spiro atoms. The van der Waals surface area contributed by atoms with Gasteiger partial charge in [0.1, 0.15) is 5.69 Å². The summed E-state index contributed by atoms with van der Waals surface area (Å²) in [4.78, 5) is 14.4.